The molecule has 0 radical (unpaired) electrons. The summed E-state index contributed by atoms with van der Waals surface area (Å²) < 4.78 is 26.3. The summed E-state index contributed by atoms with van der Waals surface area (Å²) in [7, 11) is 0. The summed E-state index contributed by atoms with van der Waals surface area (Å²) in [6, 6.07) is 3.34. The maximum absolute atomic E-state index is 13.2. The Balaban J connectivity index is 3.04. The van der Waals surface area contributed by atoms with E-state index < -0.39 is 23.1 Å². The van der Waals surface area contributed by atoms with Crippen molar-refractivity contribution in [3.05, 3.63) is 35.4 Å². The van der Waals surface area contributed by atoms with Crippen LogP contribution in [0.5, 0.6) is 0 Å². The fourth-order valence-electron chi connectivity index (χ4n) is 1.14. The van der Waals surface area contributed by atoms with Gasteiger partial charge in [-0.2, -0.15) is 0 Å². The molecule has 0 aliphatic carbocycles. The lowest BCUT2D eigenvalue weighted by Gasteiger charge is -2.19. The van der Waals surface area contributed by atoms with Gasteiger partial charge in [0.1, 0.15) is 17.2 Å². The number of carbonyl (C=O) groups is 1. The Kier molecular flexibility index (Phi) is 3.04. The molecule has 0 spiro atoms. The molecule has 3 nitrogen and oxygen atoms in total. The number of nitrogens with two attached hydrogens (primary N) is 1. The third-order valence-corrected chi connectivity index (χ3v) is 2.09. The number of carboxylic acids is 1. The van der Waals surface area contributed by atoms with E-state index in [0.29, 0.717) is 0 Å². The van der Waals surface area contributed by atoms with E-state index in [4.69, 9.17) is 10.8 Å². The summed E-state index contributed by atoms with van der Waals surface area (Å²) in [5, 5.41) is 8.71. The monoisotopic (exact) mass is 215 g/mol. The van der Waals surface area contributed by atoms with E-state index in [9.17, 15) is 13.6 Å². The van der Waals surface area contributed by atoms with Crippen molar-refractivity contribution in [2.45, 2.75) is 18.9 Å². The smallest absolute Gasteiger partial charge is 0.323 e. The predicted molar refractivity (Wildman–Crippen MR) is 50.3 cm³/mol. The quantitative estimate of drug-likeness (QED) is 0.799. The van der Waals surface area contributed by atoms with Crippen molar-refractivity contribution in [1.29, 1.82) is 0 Å². The third-order valence-electron chi connectivity index (χ3n) is 2.09. The molecule has 3 N–H and O–H groups in total. The van der Waals surface area contributed by atoms with Crippen molar-refractivity contribution >= 4 is 5.97 Å². The molecular weight excluding hydrogens is 204 g/mol. The fourth-order valence-corrected chi connectivity index (χ4v) is 1.14. The van der Waals surface area contributed by atoms with E-state index in [-0.39, 0.29) is 12.0 Å². The SMILES string of the molecule is C[C@](N)(Cc1c(F)cccc1F)C(=O)O. The van der Waals surface area contributed by atoms with Gasteiger partial charge in [0.25, 0.3) is 0 Å². The lowest BCUT2D eigenvalue weighted by molar-refractivity contribution is -0.142. The first-order valence-electron chi connectivity index (χ1n) is 4.30. The summed E-state index contributed by atoms with van der Waals surface area (Å²) in [5.74, 6) is -2.87. The van der Waals surface area contributed by atoms with Crippen molar-refractivity contribution in [3.63, 3.8) is 0 Å². The molecular formula is C10H11F2NO2. The van der Waals surface area contributed by atoms with Crippen LogP contribution in [0.15, 0.2) is 18.2 Å². The molecule has 1 aromatic carbocycles. The Morgan fingerprint density at radius 3 is 2.33 bits per heavy atom. The highest BCUT2D eigenvalue weighted by Gasteiger charge is 2.30. The number of hydrogen-bond acceptors (Lipinski definition) is 2. The molecule has 0 unspecified atom stereocenters. The molecule has 15 heavy (non-hydrogen) atoms. The second-order valence-corrected chi connectivity index (χ2v) is 3.60. The zero-order chi connectivity index (χ0) is 11.6. The number of carboxylic acid groups (broad SMARTS) is 1. The standard InChI is InChI=1S/C10H11F2NO2/c1-10(13,9(14)15)5-6-7(11)3-2-4-8(6)12/h2-4H,5,13H2,1H3,(H,14,15)/t10-/m0/s1. The van der Waals surface area contributed by atoms with E-state index in [1.54, 1.807) is 0 Å². The molecule has 5 heteroatoms. The van der Waals surface area contributed by atoms with Gasteiger partial charge in [-0.15, -0.1) is 0 Å². The highest BCUT2D eigenvalue weighted by molar-refractivity contribution is 5.78. The zero-order valence-corrected chi connectivity index (χ0v) is 8.13. The minimum atomic E-state index is -1.68. The van der Waals surface area contributed by atoms with Crippen molar-refractivity contribution in [2.75, 3.05) is 0 Å². The molecule has 1 rings (SSSR count). The Labute approximate surface area is 85.5 Å². The fraction of sp³-hybridized carbons (Fsp3) is 0.300. The predicted octanol–water partition coefficient (Wildman–Crippen LogP) is 1.31. The van der Waals surface area contributed by atoms with Crippen LogP contribution < -0.4 is 5.73 Å². The maximum Gasteiger partial charge on any atom is 0.323 e. The van der Waals surface area contributed by atoms with Crippen molar-refractivity contribution < 1.29 is 18.7 Å². The van der Waals surface area contributed by atoms with Gasteiger partial charge in [-0.1, -0.05) is 6.07 Å². The number of benzene rings is 1. The van der Waals surface area contributed by atoms with Crippen LogP contribution in [0.4, 0.5) is 8.78 Å². The van der Waals surface area contributed by atoms with E-state index in [1.807, 2.05) is 0 Å². The van der Waals surface area contributed by atoms with Gasteiger partial charge in [0.05, 0.1) is 0 Å². The van der Waals surface area contributed by atoms with Crippen molar-refractivity contribution in [1.82, 2.24) is 0 Å². The Bertz CT molecular complexity index is 371. The van der Waals surface area contributed by atoms with Gasteiger partial charge in [-0.3, -0.25) is 4.79 Å². The number of aliphatic carboxylic acids is 1. The van der Waals surface area contributed by atoms with Crippen LogP contribution in [0.3, 0.4) is 0 Å². The first-order valence-corrected chi connectivity index (χ1v) is 4.30. The summed E-state index contributed by atoms with van der Waals surface area (Å²) in [6.07, 6.45) is -0.388. The molecule has 0 aromatic heterocycles. The summed E-state index contributed by atoms with van der Waals surface area (Å²) in [6.45, 7) is 1.21. The minimum Gasteiger partial charge on any atom is -0.480 e. The molecule has 0 heterocycles. The normalized spacial score (nSPS) is 14.7. The van der Waals surface area contributed by atoms with Crippen LogP contribution in [0.25, 0.3) is 0 Å². The van der Waals surface area contributed by atoms with Crippen LogP contribution in [0.2, 0.25) is 0 Å². The molecule has 0 amide bonds. The van der Waals surface area contributed by atoms with E-state index in [2.05, 4.69) is 0 Å². The minimum absolute atomic E-state index is 0.301. The van der Waals surface area contributed by atoms with Crippen LogP contribution in [0, 0.1) is 11.6 Å². The first-order chi connectivity index (χ1) is 6.84. The molecule has 0 fully saturated rings. The zero-order valence-electron chi connectivity index (χ0n) is 8.13. The number of rotatable bonds is 3. The number of halogens is 2. The van der Waals surface area contributed by atoms with Gasteiger partial charge < -0.3 is 10.8 Å². The molecule has 0 bridgehead atoms. The molecule has 0 aliphatic rings. The second kappa shape index (κ2) is 3.94. The maximum atomic E-state index is 13.2. The van der Waals surface area contributed by atoms with E-state index >= 15 is 0 Å². The van der Waals surface area contributed by atoms with Crippen LogP contribution in [-0.4, -0.2) is 16.6 Å². The summed E-state index contributed by atoms with van der Waals surface area (Å²) in [4.78, 5) is 10.7. The van der Waals surface area contributed by atoms with Crippen LogP contribution in [-0.2, 0) is 11.2 Å². The van der Waals surface area contributed by atoms with Crippen LogP contribution in [0.1, 0.15) is 12.5 Å². The first kappa shape index (κ1) is 11.6. The van der Waals surface area contributed by atoms with E-state index in [1.165, 1.54) is 13.0 Å². The molecule has 1 atom stereocenters. The van der Waals surface area contributed by atoms with Crippen molar-refractivity contribution in [3.8, 4) is 0 Å². The second-order valence-electron chi connectivity index (χ2n) is 3.60. The summed E-state index contributed by atoms with van der Waals surface area (Å²) in [5.41, 5.74) is 3.42. The van der Waals surface area contributed by atoms with Gasteiger partial charge in [-0.25, -0.2) is 8.78 Å². The highest BCUT2D eigenvalue weighted by atomic mass is 19.1. The van der Waals surface area contributed by atoms with Gasteiger partial charge >= 0.3 is 5.97 Å². The largest absolute Gasteiger partial charge is 0.480 e. The van der Waals surface area contributed by atoms with Gasteiger partial charge in [0.15, 0.2) is 0 Å². The molecule has 0 aliphatic heterocycles. The number of hydrogen-bond donors (Lipinski definition) is 2. The van der Waals surface area contributed by atoms with Crippen LogP contribution >= 0.6 is 0 Å². The highest BCUT2D eigenvalue weighted by Crippen LogP contribution is 2.17. The Morgan fingerprint density at radius 2 is 1.93 bits per heavy atom. The Hall–Kier alpha value is -1.49. The van der Waals surface area contributed by atoms with Gasteiger partial charge in [0, 0.05) is 12.0 Å². The Morgan fingerprint density at radius 1 is 1.47 bits per heavy atom. The molecule has 1 aromatic rings. The average Bonchev–Trinajstić information content (AvgIpc) is 2.11. The van der Waals surface area contributed by atoms with E-state index in [0.717, 1.165) is 12.1 Å². The topological polar surface area (TPSA) is 63.3 Å². The lowest BCUT2D eigenvalue weighted by atomic mass is 9.93. The van der Waals surface area contributed by atoms with Gasteiger partial charge in [-0.05, 0) is 19.1 Å². The summed E-state index contributed by atoms with van der Waals surface area (Å²) >= 11 is 0. The average molecular weight is 215 g/mol. The molecule has 0 saturated heterocycles. The molecule has 0 saturated carbocycles. The van der Waals surface area contributed by atoms with Crippen molar-refractivity contribution in [2.24, 2.45) is 5.73 Å². The third kappa shape index (κ3) is 2.50. The van der Waals surface area contributed by atoms with Gasteiger partial charge in [0.2, 0.25) is 0 Å². The lowest BCUT2D eigenvalue weighted by Crippen LogP contribution is -2.47. The molecule has 82 valence electrons.